The van der Waals surface area contributed by atoms with Crippen LogP contribution in [-0.2, 0) is 13.0 Å². The second-order valence-electron chi connectivity index (χ2n) is 10.2. The number of benzene rings is 1. The monoisotopic (exact) mass is 547 g/mol. The summed E-state index contributed by atoms with van der Waals surface area (Å²) in [6.45, 7) is 3.11. The van der Waals surface area contributed by atoms with Crippen molar-refractivity contribution in [1.29, 1.82) is 0 Å². The van der Waals surface area contributed by atoms with Gasteiger partial charge in [0.15, 0.2) is 5.69 Å². The molecule has 4 atom stereocenters. The number of aromatic nitrogens is 2. The van der Waals surface area contributed by atoms with Crippen molar-refractivity contribution in [2.24, 2.45) is 11.8 Å². The van der Waals surface area contributed by atoms with Crippen LogP contribution in [0.5, 0.6) is 5.75 Å². The summed E-state index contributed by atoms with van der Waals surface area (Å²) in [7, 11) is 0. The molecule has 2 aromatic rings. The van der Waals surface area contributed by atoms with Crippen molar-refractivity contribution in [3.05, 3.63) is 35.0 Å². The van der Waals surface area contributed by atoms with Crippen LogP contribution in [0, 0.1) is 18.8 Å². The molecule has 1 aromatic heterocycles. The Hall–Kier alpha value is -2.73. The molecule has 0 saturated heterocycles. The lowest BCUT2D eigenvalue weighted by atomic mass is 9.77. The van der Waals surface area contributed by atoms with E-state index in [1.807, 2.05) is 6.92 Å². The van der Waals surface area contributed by atoms with Crippen LogP contribution in [0.15, 0.2) is 18.2 Å². The molecular weight excluding hydrogens is 513 g/mol. The summed E-state index contributed by atoms with van der Waals surface area (Å²) in [6.07, 6.45) is -4.44. The quantitative estimate of drug-likeness (QED) is 0.390. The van der Waals surface area contributed by atoms with Crippen molar-refractivity contribution in [1.82, 2.24) is 15.1 Å². The zero-order valence-electron chi connectivity index (χ0n) is 21.8. The van der Waals surface area contributed by atoms with Crippen LogP contribution in [0.25, 0.3) is 11.3 Å². The Morgan fingerprint density at radius 1 is 1.34 bits per heavy atom. The molecule has 1 heterocycles. The zero-order valence-corrected chi connectivity index (χ0v) is 21.8. The number of carbonyl (C=O) groups excluding carboxylic acids is 1. The minimum absolute atomic E-state index is 0.0121. The number of aliphatic hydroxyl groups is 2. The van der Waals surface area contributed by atoms with Crippen molar-refractivity contribution in [2.75, 3.05) is 6.54 Å². The molecule has 1 saturated carbocycles. The molecule has 1 fully saturated rings. The molecule has 0 radical (unpaired) electrons. The van der Waals surface area contributed by atoms with E-state index in [4.69, 9.17) is 0 Å². The van der Waals surface area contributed by atoms with E-state index in [9.17, 15) is 37.0 Å². The first kappa shape index (κ1) is 29.8. The van der Waals surface area contributed by atoms with Gasteiger partial charge in [0, 0.05) is 24.2 Å². The maximum Gasteiger partial charge on any atom is 0.391 e. The number of halogens is 5. The normalized spacial score (nSPS) is 22.9. The minimum atomic E-state index is -4.44. The first-order valence-electron chi connectivity index (χ1n) is 12.6. The number of aliphatic hydroxyl groups excluding tert-OH is 1. The molecule has 0 aliphatic heterocycles. The third kappa shape index (κ3) is 6.63. The fourth-order valence-electron chi connectivity index (χ4n) is 4.79. The van der Waals surface area contributed by atoms with Crippen LogP contribution in [0.4, 0.5) is 22.0 Å². The number of nitrogens with zero attached hydrogens (tertiary/aromatic N) is 2. The van der Waals surface area contributed by atoms with Crippen LogP contribution in [0.3, 0.4) is 0 Å². The molecule has 0 unspecified atom stereocenters. The predicted octanol–water partition coefficient (Wildman–Crippen LogP) is 4.86. The van der Waals surface area contributed by atoms with Crippen molar-refractivity contribution >= 4 is 5.91 Å². The van der Waals surface area contributed by atoms with Gasteiger partial charge < -0.3 is 20.3 Å². The van der Waals surface area contributed by atoms with Gasteiger partial charge in [0.1, 0.15) is 11.4 Å². The lowest BCUT2D eigenvalue weighted by Gasteiger charge is -2.39. The molecule has 3 N–H and O–H groups in total. The van der Waals surface area contributed by atoms with E-state index < -0.39 is 42.7 Å². The Morgan fingerprint density at radius 2 is 2.03 bits per heavy atom. The molecule has 38 heavy (non-hydrogen) atoms. The number of amides is 1. The Balaban J connectivity index is 1.92. The number of aryl methyl sites for hydroxylation is 1. The van der Waals surface area contributed by atoms with E-state index in [1.54, 1.807) is 13.8 Å². The molecule has 0 spiro atoms. The fourth-order valence-corrected chi connectivity index (χ4v) is 4.79. The van der Waals surface area contributed by atoms with E-state index in [-0.39, 0.29) is 41.6 Å². The smallest absolute Gasteiger partial charge is 0.391 e. The molecular formula is C26H34F5N3O4. The SMILES string of the molecule is CCn1nc(C(=O)NC[C@]2(O)CC[C@@H](C)C[C@H]2O)c(C)c1-c1ccc(C[C@@H](C)C(F)(F)F)cc1OC(F)F. The van der Waals surface area contributed by atoms with Gasteiger partial charge in [-0.1, -0.05) is 19.9 Å². The first-order chi connectivity index (χ1) is 17.7. The van der Waals surface area contributed by atoms with Crippen LogP contribution in [-0.4, -0.2) is 56.9 Å². The summed E-state index contributed by atoms with van der Waals surface area (Å²) >= 11 is 0. The highest BCUT2D eigenvalue weighted by molar-refractivity contribution is 5.95. The summed E-state index contributed by atoms with van der Waals surface area (Å²) in [5.74, 6) is -2.39. The van der Waals surface area contributed by atoms with Gasteiger partial charge >= 0.3 is 12.8 Å². The number of alkyl halides is 5. The van der Waals surface area contributed by atoms with Gasteiger partial charge in [-0.3, -0.25) is 9.48 Å². The van der Waals surface area contributed by atoms with Crippen molar-refractivity contribution in [2.45, 2.75) is 84.4 Å². The summed E-state index contributed by atoms with van der Waals surface area (Å²) in [6, 6.07) is 3.94. The fraction of sp³-hybridized carbons (Fsp3) is 0.615. The van der Waals surface area contributed by atoms with Gasteiger partial charge in [0.25, 0.3) is 5.91 Å². The highest BCUT2D eigenvalue weighted by atomic mass is 19.4. The Bertz CT molecular complexity index is 1140. The van der Waals surface area contributed by atoms with E-state index in [0.29, 0.717) is 30.5 Å². The molecule has 12 heteroatoms. The molecule has 212 valence electrons. The molecule has 1 amide bonds. The van der Waals surface area contributed by atoms with Gasteiger partial charge in [0.2, 0.25) is 0 Å². The molecule has 1 aliphatic rings. The van der Waals surface area contributed by atoms with Gasteiger partial charge in [-0.15, -0.1) is 0 Å². The van der Waals surface area contributed by atoms with E-state index in [0.717, 1.165) is 13.0 Å². The number of rotatable bonds is 9. The largest absolute Gasteiger partial charge is 0.434 e. The third-order valence-corrected chi connectivity index (χ3v) is 7.19. The highest BCUT2D eigenvalue weighted by Gasteiger charge is 2.40. The summed E-state index contributed by atoms with van der Waals surface area (Å²) in [4.78, 5) is 13.0. The van der Waals surface area contributed by atoms with Crippen LogP contribution >= 0.6 is 0 Å². The Labute approximate surface area is 218 Å². The van der Waals surface area contributed by atoms with Crippen LogP contribution in [0.2, 0.25) is 0 Å². The van der Waals surface area contributed by atoms with Crippen LogP contribution in [0.1, 0.15) is 61.6 Å². The molecule has 1 aromatic carbocycles. The van der Waals surface area contributed by atoms with Crippen molar-refractivity contribution < 1.29 is 41.7 Å². The third-order valence-electron chi connectivity index (χ3n) is 7.19. The maximum atomic E-state index is 13.3. The first-order valence-corrected chi connectivity index (χ1v) is 12.6. The summed E-state index contributed by atoms with van der Waals surface area (Å²) < 4.78 is 71.7. The standard InChI is InChI=1S/C26H34F5N3O4/c1-5-34-22(18-7-6-17(11-15(3)26(29,30)31)12-19(18)38-24(27)28)16(4)21(33-34)23(36)32-13-25(37)9-8-14(2)10-20(25)35/h6-7,12,14-15,20,24,35,37H,5,8-11,13H2,1-4H3,(H,32,36)/t14-,15-,20-,25-/m1/s1. The average Bonchev–Trinajstić information content (AvgIpc) is 3.15. The number of nitrogens with one attached hydrogen (secondary N) is 1. The van der Waals surface area contributed by atoms with Gasteiger partial charge in [-0.05, 0) is 63.1 Å². The number of hydrogen-bond acceptors (Lipinski definition) is 5. The molecule has 3 rings (SSSR count). The van der Waals surface area contributed by atoms with E-state index in [2.05, 4.69) is 15.2 Å². The Kier molecular flexibility index (Phi) is 9.08. The summed E-state index contributed by atoms with van der Waals surface area (Å²) in [5, 5.41) is 28.1. The van der Waals surface area contributed by atoms with E-state index >= 15 is 0 Å². The summed E-state index contributed by atoms with van der Waals surface area (Å²) in [5.41, 5.74) is -0.537. The van der Waals surface area contributed by atoms with Gasteiger partial charge in [0.05, 0.1) is 17.7 Å². The minimum Gasteiger partial charge on any atom is -0.434 e. The Morgan fingerprint density at radius 3 is 2.61 bits per heavy atom. The second kappa shape index (κ2) is 11.6. The zero-order chi connectivity index (χ0) is 28.4. The van der Waals surface area contributed by atoms with Crippen molar-refractivity contribution in [3.8, 4) is 17.0 Å². The van der Waals surface area contributed by atoms with E-state index in [1.165, 1.54) is 16.8 Å². The number of carbonyl (C=O) groups is 1. The van der Waals surface area contributed by atoms with Crippen molar-refractivity contribution in [3.63, 3.8) is 0 Å². The topological polar surface area (TPSA) is 96.6 Å². The predicted molar refractivity (Wildman–Crippen MR) is 130 cm³/mol. The van der Waals surface area contributed by atoms with Gasteiger partial charge in [-0.25, -0.2) is 0 Å². The number of ether oxygens (including phenoxy) is 1. The average molecular weight is 548 g/mol. The molecule has 0 bridgehead atoms. The lowest BCUT2D eigenvalue weighted by Crippen LogP contribution is -2.54. The van der Waals surface area contributed by atoms with Gasteiger partial charge in [-0.2, -0.15) is 27.1 Å². The molecule has 1 aliphatic carbocycles. The maximum absolute atomic E-state index is 13.3. The second-order valence-corrected chi connectivity index (χ2v) is 10.2. The highest BCUT2D eigenvalue weighted by Crippen LogP contribution is 2.37. The lowest BCUT2D eigenvalue weighted by molar-refractivity contribution is -0.169. The molecule has 7 nitrogen and oxygen atoms in total. The van der Waals surface area contributed by atoms with Crippen LogP contribution < -0.4 is 10.1 Å². The number of hydrogen-bond donors (Lipinski definition) is 3.